The van der Waals surface area contributed by atoms with Gasteiger partial charge in [0.1, 0.15) is 11.4 Å². The number of carboxylic acid groups (broad SMARTS) is 1. The van der Waals surface area contributed by atoms with Gasteiger partial charge in [-0.1, -0.05) is 30.3 Å². The van der Waals surface area contributed by atoms with Gasteiger partial charge in [-0.3, -0.25) is 0 Å². The van der Waals surface area contributed by atoms with Gasteiger partial charge in [0.2, 0.25) is 0 Å². The number of aromatic carboxylic acids is 1. The second kappa shape index (κ2) is 8.18. The van der Waals surface area contributed by atoms with E-state index in [1.165, 1.54) is 6.20 Å². The van der Waals surface area contributed by atoms with E-state index in [2.05, 4.69) is 15.3 Å². The molecule has 3 rings (SSSR count). The Hall–Kier alpha value is -3.61. The van der Waals surface area contributed by atoms with Crippen molar-refractivity contribution in [3.8, 4) is 22.9 Å². The number of carboxylic acids is 1. The van der Waals surface area contributed by atoms with Crippen LogP contribution in [0.3, 0.4) is 0 Å². The highest BCUT2D eigenvalue weighted by Gasteiger charge is 2.15. The number of carbonyl (C=O) groups is 1. The van der Waals surface area contributed by atoms with Crippen molar-refractivity contribution in [1.82, 2.24) is 9.97 Å². The summed E-state index contributed by atoms with van der Waals surface area (Å²) in [5.74, 6) is 0.678. The lowest BCUT2D eigenvalue weighted by Crippen LogP contribution is -2.10. The summed E-state index contributed by atoms with van der Waals surface area (Å²) in [6.07, 6.45) is 1.30. The van der Waals surface area contributed by atoms with Crippen molar-refractivity contribution in [2.45, 2.75) is 6.54 Å². The fourth-order valence-corrected chi connectivity index (χ4v) is 2.57. The second-order valence-corrected chi connectivity index (χ2v) is 5.67. The number of methoxy groups -OCH3 is 2. The fraction of sp³-hybridized carbons (Fsp3) is 0.150. The van der Waals surface area contributed by atoms with Crippen LogP contribution in [-0.4, -0.2) is 35.3 Å². The first kappa shape index (κ1) is 18.2. The Balaban J connectivity index is 1.94. The van der Waals surface area contributed by atoms with Crippen LogP contribution in [0.4, 0.5) is 5.82 Å². The molecule has 2 aromatic carbocycles. The van der Waals surface area contributed by atoms with E-state index >= 15 is 0 Å². The largest absolute Gasteiger partial charge is 0.493 e. The molecule has 0 amide bonds. The van der Waals surface area contributed by atoms with Crippen LogP contribution < -0.4 is 14.8 Å². The molecule has 0 saturated carbocycles. The summed E-state index contributed by atoms with van der Waals surface area (Å²) in [6.45, 7) is 0.448. The summed E-state index contributed by atoms with van der Waals surface area (Å²) in [5, 5.41) is 12.5. The van der Waals surface area contributed by atoms with E-state index in [0.717, 1.165) is 5.56 Å². The number of nitrogens with one attached hydrogen (secondary N) is 1. The smallest absolute Gasteiger partial charge is 0.341 e. The molecule has 0 spiro atoms. The average Bonchev–Trinajstić information content (AvgIpc) is 2.72. The molecule has 0 saturated heterocycles. The van der Waals surface area contributed by atoms with Gasteiger partial charge in [0, 0.05) is 18.3 Å². The Morgan fingerprint density at radius 1 is 1.07 bits per heavy atom. The molecule has 2 N–H and O–H groups in total. The van der Waals surface area contributed by atoms with Crippen LogP contribution in [0.25, 0.3) is 11.4 Å². The van der Waals surface area contributed by atoms with Gasteiger partial charge in [-0.2, -0.15) is 0 Å². The number of benzene rings is 2. The molecular weight excluding hydrogens is 346 g/mol. The lowest BCUT2D eigenvalue weighted by molar-refractivity contribution is 0.0697. The Bertz CT molecular complexity index is 945. The van der Waals surface area contributed by atoms with Crippen molar-refractivity contribution in [1.29, 1.82) is 0 Å². The van der Waals surface area contributed by atoms with Crippen molar-refractivity contribution in [2.75, 3.05) is 19.5 Å². The van der Waals surface area contributed by atoms with E-state index < -0.39 is 5.97 Å². The molecule has 0 bridgehead atoms. The minimum absolute atomic E-state index is 0.00941. The quantitative estimate of drug-likeness (QED) is 0.662. The molecular formula is C20H19N3O4. The van der Waals surface area contributed by atoms with E-state index in [1.54, 1.807) is 32.4 Å². The lowest BCUT2D eigenvalue weighted by atomic mass is 10.1. The Labute approximate surface area is 156 Å². The van der Waals surface area contributed by atoms with Crippen LogP contribution in [0.5, 0.6) is 11.5 Å². The number of rotatable bonds is 7. The highest BCUT2D eigenvalue weighted by Crippen LogP contribution is 2.31. The maximum absolute atomic E-state index is 11.5. The zero-order chi connectivity index (χ0) is 19.2. The third-order valence-corrected chi connectivity index (χ3v) is 3.96. The van der Waals surface area contributed by atoms with Crippen LogP contribution in [0.1, 0.15) is 15.9 Å². The van der Waals surface area contributed by atoms with Gasteiger partial charge < -0.3 is 19.9 Å². The fourth-order valence-electron chi connectivity index (χ4n) is 2.57. The molecule has 0 atom stereocenters. The van der Waals surface area contributed by atoms with E-state index in [-0.39, 0.29) is 11.4 Å². The van der Waals surface area contributed by atoms with Crippen molar-refractivity contribution in [3.05, 3.63) is 65.9 Å². The summed E-state index contributed by atoms with van der Waals surface area (Å²) >= 11 is 0. The van der Waals surface area contributed by atoms with Crippen LogP contribution in [0.15, 0.2) is 54.7 Å². The first-order valence-corrected chi connectivity index (χ1v) is 8.23. The molecule has 0 aliphatic heterocycles. The molecule has 7 nitrogen and oxygen atoms in total. The van der Waals surface area contributed by atoms with Crippen molar-refractivity contribution >= 4 is 11.8 Å². The highest BCUT2D eigenvalue weighted by atomic mass is 16.5. The SMILES string of the molecule is COc1ccc(-c2ncc(C(=O)O)c(NCc3ccccc3)n2)cc1OC. The monoisotopic (exact) mass is 365 g/mol. The summed E-state index contributed by atoms with van der Waals surface area (Å²) < 4.78 is 10.5. The van der Waals surface area contributed by atoms with Gasteiger partial charge in [-0.25, -0.2) is 14.8 Å². The van der Waals surface area contributed by atoms with Crippen LogP contribution in [0.2, 0.25) is 0 Å². The number of nitrogens with zero attached hydrogens (tertiary/aromatic N) is 2. The van der Waals surface area contributed by atoms with E-state index in [9.17, 15) is 9.90 Å². The summed E-state index contributed by atoms with van der Waals surface area (Å²) in [4.78, 5) is 20.1. The van der Waals surface area contributed by atoms with Gasteiger partial charge in [-0.15, -0.1) is 0 Å². The number of hydrogen-bond donors (Lipinski definition) is 2. The molecule has 7 heteroatoms. The summed E-state index contributed by atoms with van der Waals surface area (Å²) in [5.41, 5.74) is 1.71. The Morgan fingerprint density at radius 3 is 2.48 bits per heavy atom. The van der Waals surface area contributed by atoms with Crippen LogP contribution in [-0.2, 0) is 6.54 Å². The number of hydrogen-bond acceptors (Lipinski definition) is 6. The predicted molar refractivity (Wildman–Crippen MR) is 101 cm³/mol. The van der Waals surface area contributed by atoms with Gasteiger partial charge in [0.05, 0.1) is 14.2 Å². The molecule has 3 aromatic rings. The molecule has 1 heterocycles. The maximum atomic E-state index is 11.5. The van der Waals surface area contributed by atoms with Crippen molar-refractivity contribution in [2.24, 2.45) is 0 Å². The van der Waals surface area contributed by atoms with E-state index in [4.69, 9.17) is 9.47 Å². The maximum Gasteiger partial charge on any atom is 0.341 e. The number of aromatic nitrogens is 2. The molecule has 0 aliphatic carbocycles. The third-order valence-electron chi connectivity index (χ3n) is 3.96. The second-order valence-electron chi connectivity index (χ2n) is 5.67. The zero-order valence-electron chi connectivity index (χ0n) is 15.0. The first-order chi connectivity index (χ1) is 13.1. The highest BCUT2D eigenvalue weighted by molar-refractivity contribution is 5.93. The van der Waals surface area contributed by atoms with Gasteiger partial charge >= 0.3 is 5.97 Å². The molecule has 0 fully saturated rings. The third kappa shape index (κ3) is 4.14. The molecule has 0 radical (unpaired) electrons. The van der Waals surface area contributed by atoms with Crippen molar-refractivity contribution < 1.29 is 19.4 Å². The van der Waals surface area contributed by atoms with E-state index in [0.29, 0.717) is 29.4 Å². The van der Waals surface area contributed by atoms with E-state index in [1.807, 2.05) is 30.3 Å². The average molecular weight is 365 g/mol. The minimum Gasteiger partial charge on any atom is -0.493 e. The Kier molecular flexibility index (Phi) is 5.51. The van der Waals surface area contributed by atoms with Crippen LogP contribution in [0, 0.1) is 0 Å². The predicted octanol–water partition coefficient (Wildman–Crippen LogP) is 3.47. The topological polar surface area (TPSA) is 93.6 Å². The number of ether oxygens (including phenoxy) is 2. The minimum atomic E-state index is -1.09. The standard InChI is InChI=1S/C20H19N3O4/c1-26-16-9-8-14(10-17(16)27-2)18-22-12-15(20(24)25)19(23-18)21-11-13-6-4-3-5-7-13/h3-10,12H,11H2,1-2H3,(H,24,25)(H,21,22,23). The molecule has 0 aliphatic rings. The number of anilines is 1. The molecule has 1 aromatic heterocycles. The zero-order valence-corrected chi connectivity index (χ0v) is 15.0. The first-order valence-electron chi connectivity index (χ1n) is 8.23. The van der Waals surface area contributed by atoms with Crippen LogP contribution >= 0.6 is 0 Å². The summed E-state index contributed by atoms with van der Waals surface area (Å²) in [6, 6.07) is 14.9. The van der Waals surface area contributed by atoms with Gasteiger partial charge in [0.25, 0.3) is 0 Å². The van der Waals surface area contributed by atoms with Crippen molar-refractivity contribution in [3.63, 3.8) is 0 Å². The normalized spacial score (nSPS) is 10.3. The van der Waals surface area contributed by atoms with Gasteiger partial charge in [0.15, 0.2) is 17.3 Å². The summed E-state index contributed by atoms with van der Waals surface area (Å²) in [7, 11) is 3.10. The Morgan fingerprint density at radius 2 is 1.81 bits per heavy atom. The molecule has 0 unspecified atom stereocenters. The molecule has 27 heavy (non-hydrogen) atoms. The lowest BCUT2D eigenvalue weighted by Gasteiger charge is -2.12. The molecule has 138 valence electrons. The van der Waals surface area contributed by atoms with Gasteiger partial charge in [-0.05, 0) is 23.8 Å².